The van der Waals surface area contributed by atoms with Crippen LogP contribution in [0.3, 0.4) is 0 Å². The van der Waals surface area contributed by atoms with Gasteiger partial charge in [0.25, 0.3) is 0 Å². The molecule has 0 saturated carbocycles. The molecular formula is C14H22FNO. The maximum absolute atomic E-state index is 13.4. The van der Waals surface area contributed by atoms with Crippen LogP contribution < -0.4 is 4.90 Å². The number of aliphatic hydroxyl groups excluding tert-OH is 1. The molecule has 0 aliphatic rings. The van der Waals surface area contributed by atoms with Crippen LogP contribution in [0.15, 0.2) is 18.2 Å². The molecule has 0 aromatic heterocycles. The van der Waals surface area contributed by atoms with Gasteiger partial charge in [-0.2, -0.15) is 0 Å². The monoisotopic (exact) mass is 239 g/mol. The minimum atomic E-state index is -0.291. The van der Waals surface area contributed by atoms with E-state index in [-0.39, 0.29) is 12.4 Å². The predicted octanol–water partition coefficient (Wildman–Crippen LogP) is 3.19. The lowest BCUT2D eigenvalue weighted by atomic mass is 10.1. The van der Waals surface area contributed by atoms with Crippen molar-refractivity contribution < 1.29 is 9.50 Å². The van der Waals surface area contributed by atoms with Crippen LogP contribution in [0.2, 0.25) is 0 Å². The third kappa shape index (κ3) is 4.00. The van der Waals surface area contributed by atoms with Crippen molar-refractivity contribution in [2.45, 2.75) is 40.3 Å². The molecule has 1 aromatic rings. The highest BCUT2D eigenvalue weighted by atomic mass is 19.1. The number of hydrogen-bond acceptors (Lipinski definition) is 2. The summed E-state index contributed by atoms with van der Waals surface area (Å²) in [5.74, 6) is 0.221. The Morgan fingerprint density at radius 2 is 1.82 bits per heavy atom. The van der Waals surface area contributed by atoms with E-state index in [4.69, 9.17) is 5.11 Å². The Hall–Kier alpha value is -1.09. The van der Waals surface area contributed by atoms with E-state index in [1.807, 2.05) is 6.07 Å². The smallest absolute Gasteiger partial charge is 0.125 e. The number of nitrogens with zero attached hydrogens (tertiary/aromatic N) is 1. The summed E-state index contributed by atoms with van der Waals surface area (Å²) >= 11 is 0. The minimum absolute atomic E-state index is 0.127. The van der Waals surface area contributed by atoms with E-state index in [0.717, 1.165) is 12.2 Å². The lowest BCUT2D eigenvalue weighted by molar-refractivity contribution is 0.281. The van der Waals surface area contributed by atoms with E-state index in [2.05, 4.69) is 32.6 Å². The summed E-state index contributed by atoms with van der Waals surface area (Å²) in [7, 11) is 0. The molecule has 3 heteroatoms. The van der Waals surface area contributed by atoms with Crippen molar-refractivity contribution in [3.05, 3.63) is 29.6 Å². The zero-order valence-corrected chi connectivity index (χ0v) is 11.1. The van der Waals surface area contributed by atoms with E-state index in [9.17, 15) is 4.39 Å². The fourth-order valence-electron chi connectivity index (χ4n) is 1.90. The molecule has 0 unspecified atom stereocenters. The van der Waals surface area contributed by atoms with Crippen molar-refractivity contribution in [2.24, 2.45) is 5.92 Å². The molecular weight excluding hydrogens is 217 g/mol. The molecule has 0 spiro atoms. The Labute approximate surface area is 103 Å². The summed E-state index contributed by atoms with van der Waals surface area (Å²) in [6.07, 6.45) is 0. The van der Waals surface area contributed by atoms with Gasteiger partial charge in [0.15, 0.2) is 0 Å². The van der Waals surface area contributed by atoms with E-state index >= 15 is 0 Å². The number of rotatable bonds is 5. The third-order valence-corrected chi connectivity index (χ3v) is 2.64. The minimum Gasteiger partial charge on any atom is -0.392 e. The first-order valence-corrected chi connectivity index (χ1v) is 6.11. The molecule has 0 radical (unpaired) electrons. The molecule has 0 heterocycles. The molecule has 0 saturated heterocycles. The molecule has 0 bridgehead atoms. The zero-order valence-electron chi connectivity index (χ0n) is 11.1. The standard InChI is InChI=1S/C14H22FNO/c1-10(2)8-16(11(3)4)14-6-12(9-17)5-13(15)7-14/h5-7,10-11,17H,8-9H2,1-4H3. The van der Waals surface area contributed by atoms with Gasteiger partial charge in [0.05, 0.1) is 6.61 Å². The molecule has 0 aliphatic carbocycles. The molecule has 2 nitrogen and oxygen atoms in total. The summed E-state index contributed by atoms with van der Waals surface area (Å²) < 4.78 is 13.4. The number of halogens is 1. The molecule has 0 atom stereocenters. The number of hydrogen-bond donors (Lipinski definition) is 1. The van der Waals surface area contributed by atoms with Gasteiger partial charge in [0, 0.05) is 18.3 Å². The highest BCUT2D eigenvalue weighted by Crippen LogP contribution is 2.22. The van der Waals surface area contributed by atoms with Crippen LogP contribution in [0.1, 0.15) is 33.3 Å². The van der Waals surface area contributed by atoms with Gasteiger partial charge >= 0.3 is 0 Å². The topological polar surface area (TPSA) is 23.5 Å². The van der Waals surface area contributed by atoms with Crippen LogP contribution in [0.5, 0.6) is 0 Å². The molecule has 1 rings (SSSR count). The second-order valence-corrected chi connectivity index (χ2v) is 5.12. The van der Waals surface area contributed by atoms with Crippen molar-refractivity contribution in [3.63, 3.8) is 0 Å². The molecule has 1 N–H and O–H groups in total. The first kappa shape index (κ1) is 14.0. The van der Waals surface area contributed by atoms with Gasteiger partial charge in [0.2, 0.25) is 0 Å². The molecule has 96 valence electrons. The van der Waals surface area contributed by atoms with Crippen LogP contribution >= 0.6 is 0 Å². The Balaban J connectivity index is 3.04. The van der Waals surface area contributed by atoms with E-state index < -0.39 is 0 Å². The fraction of sp³-hybridized carbons (Fsp3) is 0.571. The van der Waals surface area contributed by atoms with E-state index in [1.165, 1.54) is 12.1 Å². The van der Waals surface area contributed by atoms with Gasteiger partial charge in [-0.05, 0) is 43.5 Å². The Kier molecular flexibility index (Phi) is 4.94. The average molecular weight is 239 g/mol. The highest BCUT2D eigenvalue weighted by molar-refractivity contribution is 5.49. The fourth-order valence-corrected chi connectivity index (χ4v) is 1.90. The SMILES string of the molecule is CC(C)CN(c1cc(F)cc(CO)c1)C(C)C. The van der Waals surface area contributed by atoms with Crippen LogP contribution in [0.4, 0.5) is 10.1 Å². The third-order valence-electron chi connectivity index (χ3n) is 2.64. The largest absolute Gasteiger partial charge is 0.392 e. The summed E-state index contributed by atoms with van der Waals surface area (Å²) in [4.78, 5) is 2.16. The van der Waals surface area contributed by atoms with Crippen molar-refractivity contribution >= 4 is 5.69 Å². The van der Waals surface area contributed by atoms with Gasteiger partial charge in [0.1, 0.15) is 5.82 Å². The lowest BCUT2D eigenvalue weighted by Gasteiger charge is -2.31. The van der Waals surface area contributed by atoms with Gasteiger partial charge in [-0.1, -0.05) is 13.8 Å². The van der Waals surface area contributed by atoms with E-state index in [1.54, 1.807) is 0 Å². The average Bonchev–Trinajstić information content (AvgIpc) is 2.24. The summed E-state index contributed by atoms with van der Waals surface area (Å²) in [5.41, 5.74) is 1.46. The molecule has 1 aromatic carbocycles. The maximum atomic E-state index is 13.4. The lowest BCUT2D eigenvalue weighted by Crippen LogP contribution is -2.34. The number of benzene rings is 1. The Morgan fingerprint density at radius 3 is 2.29 bits per heavy atom. The van der Waals surface area contributed by atoms with Crippen LogP contribution in [-0.2, 0) is 6.61 Å². The molecule has 0 aliphatic heterocycles. The van der Waals surface area contributed by atoms with E-state index in [0.29, 0.717) is 17.5 Å². The van der Waals surface area contributed by atoms with Crippen LogP contribution in [0.25, 0.3) is 0 Å². The van der Waals surface area contributed by atoms with Gasteiger partial charge in [-0.15, -0.1) is 0 Å². The first-order chi connectivity index (χ1) is 7.93. The van der Waals surface area contributed by atoms with Crippen LogP contribution in [0, 0.1) is 11.7 Å². The Morgan fingerprint density at radius 1 is 1.18 bits per heavy atom. The quantitative estimate of drug-likeness (QED) is 0.853. The second-order valence-electron chi connectivity index (χ2n) is 5.12. The van der Waals surface area contributed by atoms with Crippen molar-refractivity contribution in [3.8, 4) is 0 Å². The highest BCUT2D eigenvalue weighted by Gasteiger charge is 2.13. The summed E-state index contributed by atoms with van der Waals surface area (Å²) in [6.45, 7) is 9.21. The van der Waals surface area contributed by atoms with Crippen molar-refractivity contribution in [2.75, 3.05) is 11.4 Å². The van der Waals surface area contributed by atoms with Crippen molar-refractivity contribution in [1.82, 2.24) is 0 Å². The summed E-state index contributed by atoms with van der Waals surface area (Å²) in [5, 5.41) is 9.10. The number of anilines is 1. The Bertz CT molecular complexity index is 363. The normalized spacial score (nSPS) is 11.3. The predicted molar refractivity (Wildman–Crippen MR) is 69.6 cm³/mol. The number of aliphatic hydroxyl groups is 1. The van der Waals surface area contributed by atoms with Crippen molar-refractivity contribution in [1.29, 1.82) is 0 Å². The van der Waals surface area contributed by atoms with Crippen LogP contribution in [-0.4, -0.2) is 17.7 Å². The first-order valence-electron chi connectivity index (χ1n) is 6.11. The maximum Gasteiger partial charge on any atom is 0.125 e. The molecule has 0 amide bonds. The van der Waals surface area contributed by atoms with Gasteiger partial charge in [-0.25, -0.2) is 4.39 Å². The second kappa shape index (κ2) is 6.01. The molecule has 17 heavy (non-hydrogen) atoms. The van der Waals surface area contributed by atoms with Gasteiger partial charge in [-0.3, -0.25) is 0 Å². The molecule has 0 fully saturated rings. The summed E-state index contributed by atoms with van der Waals surface area (Å²) in [6, 6.07) is 5.07. The zero-order chi connectivity index (χ0) is 13.0. The van der Waals surface area contributed by atoms with Gasteiger partial charge < -0.3 is 10.0 Å².